The molecule has 0 spiro atoms. The highest BCUT2D eigenvalue weighted by Crippen LogP contribution is 2.37. The molecular formula is C30H28Cl2N2O8S. The van der Waals surface area contributed by atoms with Crippen molar-refractivity contribution in [2.75, 3.05) is 26.4 Å². The number of ether oxygens (including phenoxy) is 4. The Kier molecular flexibility index (Phi) is 10.3. The molecule has 0 saturated carbocycles. The zero-order valence-corrected chi connectivity index (χ0v) is 25.8. The molecule has 0 radical (unpaired) electrons. The highest BCUT2D eigenvalue weighted by atomic mass is 35.5. The van der Waals surface area contributed by atoms with Crippen molar-refractivity contribution in [3.63, 3.8) is 0 Å². The van der Waals surface area contributed by atoms with Gasteiger partial charge in [0.15, 0.2) is 28.7 Å². The summed E-state index contributed by atoms with van der Waals surface area (Å²) in [5.74, 6) is -0.832. The van der Waals surface area contributed by atoms with Gasteiger partial charge in [-0.25, -0.2) is 14.6 Å². The normalized spacial score (nSPS) is 14.5. The minimum absolute atomic E-state index is 0.0182. The second-order valence-corrected chi connectivity index (χ2v) is 10.9. The summed E-state index contributed by atoms with van der Waals surface area (Å²) in [5, 5.41) is 9.05. The van der Waals surface area contributed by atoms with Crippen molar-refractivity contribution < 1.29 is 33.6 Å². The number of carboxylic acid groups (broad SMARTS) is 1. The highest BCUT2D eigenvalue weighted by Gasteiger charge is 2.34. The van der Waals surface area contributed by atoms with E-state index in [-0.39, 0.29) is 34.6 Å². The number of thiazole rings is 1. The number of rotatable bonds is 12. The van der Waals surface area contributed by atoms with Gasteiger partial charge in [-0.2, -0.15) is 0 Å². The number of esters is 1. The molecule has 0 bridgehead atoms. The van der Waals surface area contributed by atoms with Gasteiger partial charge in [0.25, 0.3) is 5.56 Å². The monoisotopic (exact) mass is 646 g/mol. The molecule has 0 fully saturated rings. The zero-order valence-electron chi connectivity index (χ0n) is 23.5. The van der Waals surface area contributed by atoms with Crippen molar-refractivity contribution in [2.24, 2.45) is 4.99 Å². The molecule has 0 amide bonds. The molecule has 0 aliphatic carbocycles. The van der Waals surface area contributed by atoms with E-state index in [4.69, 9.17) is 47.3 Å². The summed E-state index contributed by atoms with van der Waals surface area (Å²) in [6.45, 7) is 9.05. The Bertz CT molecular complexity index is 1770. The van der Waals surface area contributed by atoms with Gasteiger partial charge < -0.3 is 24.1 Å². The number of fused-ring (bicyclic) bond motifs is 1. The van der Waals surface area contributed by atoms with Crippen LogP contribution in [0.25, 0.3) is 6.08 Å². The number of aromatic nitrogens is 1. The second kappa shape index (κ2) is 13.9. The largest absolute Gasteiger partial charge is 0.490 e. The maximum Gasteiger partial charge on any atom is 0.341 e. The molecule has 3 aromatic rings. The number of hydrogen-bond donors (Lipinski definition) is 1. The standard InChI is InChI=1S/C30H28Cl2N2O8S/c1-5-10-41-21-9-8-18(14-22(21)39-6-2)26-25(29(38)40-7-3)16(4)33-30-34(26)28(37)23(43-30)13-17-11-19(31)27(20(32)12-17)42-15-24(35)36/h5,8-9,11-14,26H,1,6-7,10,15H2,2-4H3,(H,35,36)/b23-13+/t26-/m0/s1. The van der Waals surface area contributed by atoms with Gasteiger partial charge in [-0.1, -0.05) is 53.3 Å². The van der Waals surface area contributed by atoms with Crippen molar-refractivity contribution in [2.45, 2.75) is 26.8 Å². The molecule has 4 rings (SSSR count). The van der Waals surface area contributed by atoms with Gasteiger partial charge in [0, 0.05) is 0 Å². The molecule has 226 valence electrons. The average molecular weight is 648 g/mol. The predicted molar refractivity (Wildman–Crippen MR) is 163 cm³/mol. The van der Waals surface area contributed by atoms with Crippen molar-refractivity contribution in [1.29, 1.82) is 0 Å². The first-order valence-electron chi connectivity index (χ1n) is 13.1. The maximum absolute atomic E-state index is 14.0. The van der Waals surface area contributed by atoms with E-state index in [9.17, 15) is 14.4 Å². The molecule has 2 heterocycles. The lowest BCUT2D eigenvalue weighted by Gasteiger charge is -2.25. The van der Waals surface area contributed by atoms with Gasteiger partial charge in [0.1, 0.15) is 6.61 Å². The van der Waals surface area contributed by atoms with Crippen LogP contribution in [-0.2, 0) is 14.3 Å². The lowest BCUT2D eigenvalue weighted by molar-refractivity contribution is -0.140. The van der Waals surface area contributed by atoms with Crippen LogP contribution in [-0.4, -0.2) is 48.0 Å². The number of nitrogens with zero attached hydrogens (tertiary/aromatic N) is 2. The molecule has 10 nitrogen and oxygen atoms in total. The Morgan fingerprint density at radius 2 is 1.81 bits per heavy atom. The van der Waals surface area contributed by atoms with E-state index in [1.165, 1.54) is 16.7 Å². The van der Waals surface area contributed by atoms with Crippen LogP contribution in [0.2, 0.25) is 10.0 Å². The van der Waals surface area contributed by atoms with Gasteiger partial charge >= 0.3 is 11.9 Å². The molecule has 0 saturated heterocycles. The van der Waals surface area contributed by atoms with Crippen LogP contribution in [0.15, 0.2) is 64.0 Å². The maximum atomic E-state index is 14.0. The molecule has 1 aromatic heterocycles. The molecule has 1 N–H and O–H groups in total. The van der Waals surface area contributed by atoms with Crippen LogP contribution < -0.4 is 29.1 Å². The topological polar surface area (TPSA) is 126 Å². The SMILES string of the molecule is C=CCOc1ccc([C@H]2C(C(=O)OCC)=C(C)N=c3s/c(=C/c4cc(Cl)c(OCC(=O)O)c(Cl)c4)c(=O)n32)cc1OCC. The summed E-state index contributed by atoms with van der Waals surface area (Å²) in [6.07, 6.45) is 3.20. The summed E-state index contributed by atoms with van der Waals surface area (Å²) in [7, 11) is 0. The Morgan fingerprint density at radius 1 is 1.09 bits per heavy atom. The van der Waals surface area contributed by atoms with Gasteiger partial charge in [0.2, 0.25) is 0 Å². The predicted octanol–water partition coefficient (Wildman–Crippen LogP) is 4.53. The number of halogens is 2. The fourth-order valence-electron chi connectivity index (χ4n) is 4.42. The van der Waals surface area contributed by atoms with E-state index in [0.717, 1.165) is 11.3 Å². The molecule has 0 unspecified atom stereocenters. The van der Waals surface area contributed by atoms with Gasteiger partial charge in [-0.3, -0.25) is 9.36 Å². The molecular weight excluding hydrogens is 619 g/mol. The van der Waals surface area contributed by atoms with Gasteiger partial charge in [-0.05, 0) is 62.2 Å². The van der Waals surface area contributed by atoms with Crippen LogP contribution >= 0.6 is 34.5 Å². The van der Waals surface area contributed by atoms with Crippen molar-refractivity contribution >= 4 is 52.6 Å². The Hall–Kier alpha value is -4.06. The third-order valence-electron chi connectivity index (χ3n) is 6.12. The average Bonchev–Trinajstić information content (AvgIpc) is 3.25. The fourth-order valence-corrected chi connectivity index (χ4v) is 6.08. The summed E-state index contributed by atoms with van der Waals surface area (Å²) in [6, 6.07) is 7.35. The number of aliphatic carboxylic acids is 1. The van der Waals surface area contributed by atoms with Crippen LogP contribution in [0, 0.1) is 0 Å². The highest BCUT2D eigenvalue weighted by molar-refractivity contribution is 7.07. The Balaban J connectivity index is 1.89. The molecule has 43 heavy (non-hydrogen) atoms. The van der Waals surface area contributed by atoms with E-state index in [0.29, 0.717) is 44.3 Å². The minimum Gasteiger partial charge on any atom is -0.490 e. The molecule has 2 aromatic carbocycles. The fraction of sp³-hybridized carbons (Fsp3) is 0.267. The van der Waals surface area contributed by atoms with Crippen molar-refractivity contribution in [3.05, 3.63) is 95.1 Å². The van der Waals surface area contributed by atoms with Crippen molar-refractivity contribution in [1.82, 2.24) is 4.57 Å². The van der Waals surface area contributed by atoms with E-state index < -0.39 is 30.1 Å². The first kappa shape index (κ1) is 31.9. The minimum atomic E-state index is -1.18. The van der Waals surface area contributed by atoms with E-state index >= 15 is 0 Å². The number of carbonyl (C=O) groups excluding carboxylic acids is 1. The summed E-state index contributed by atoms with van der Waals surface area (Å²) < 4.78 is 23.8. The molecule has 1 atom stereocenters. The summed E-state index contributed by atoms with van der Waals surface area (Å²) >= 11 is 13.7. The second-order valence-electron chi connectivity index (χ2n) is 9.04. The van der Waals surface area contributed by atoms with Crippen LogP contribution in [0.5, 0.6) is 17.2 Å². The number of carboxylic acids is 1. The molecule has 13 heteroatoms. The quantitative estimate of drug-likeness (QED) is 0.225. The number of allylic oxidation sites excluding steroid dienone is 1. The van der Waals surface area contributed by atoms with Crippen LogP contribution in [0.4, 0.5) is 0 Å². The number of hydrogen-bond acceptors (Lipinski definition) is 9. The van der Waals surface area contributed by atoms with Gasteiger partial charge in [-0.15, -0.1) is 0 Å². The lowest BCUT2D eigenvalue weighted by atomic mass is 9.95. The van der Waals surface area contributed by atoms with Gasteiger partial charge in [0.05, 0.1) is 45.1 Å². The third-order valence-corrected chi connectivity index (χ3v) is 7.66. The summed E-state index contributed by atoms with van der Waals surface area (Å²) in [4.78, 5) is 43.0. The third kappa shape index (κ3) is 6.96. The zero-order chi connectivity index (χ0) is 31.3. The van der Waals surface area contributed by atoms with E-state index in [1.807, 2.05) is 6.92 Å². The van der Waals surface area contributed by atoms with E-state index in [1.54, 1.807) is 44.2 Å². The molecule has 1 aliphatic rings. The number of carbonyl (C=O) groups is 2. The Labute approximate surface area is 260 Å². The van der Waals surface area contributed by atoms with Crippen LogP contribution in [0.1, 0.15) is 37.9 Å². The first-order chi connectivity index (χ1) is 20.6. The molecule has 1 aliphatic heterocycles. The summed E-state index contributed by atoms with van der Waals surface area (Å²) in [5.41, 5.74) is 1.28. The lowest BCUT2D eigenvalue weighted by Crippen LogP contribution is -2.40. The first-order valence-corrected chi connectivity index (χ1v) is 14.7. The smallest absolute Gasteiger partial charge is 0.341 e. The Morgan fingerprint density at radius 3 is 2.44 bits per heavy atom. The number of benzene rings is 2. The van der Waals surface area contributed by atoms with Crippen molar-refractivity contribution in [3.8, 4) is 17.2 Å². The van der Waals surface area contributed by atoms with Crippen LogP contribution in [0.3, 0.4) is 0 Å². The van der Waals surface area contributed by atoms with E-state index in [2.05, 4.69) is 11.6 Å².